The number of imide groups is 1. The number of nitrogens with zero attached hydrogens (tertiary/aromatic N) is 1. The number of amides is 2. The van der Waals surface area contributed by atoms with Crippen LogP contribution in [0.3, 0.4) is 0 Å². The third-order valence-electron chi connectivity index (χ3n) is 5.69. The van der Waals surface area contributed by atoms with Crippen LogP contribution < -0.4 is 4.90 Å². The van der Waals surface area contributed by atoms with Crippen molar-refractivity contribution in [3.8, 4) is 0 Å². The first kappa shape index (κ1) is 15.6. The quantitative estimate of drug-likeness (QED) is 0.589. The van der Waals surface area contributed by atoms with E-state index in [1.165, 1.54) is 4.90 Å². The number of hydrogen-bond acceptors (Lipinski definition) is 2. The summed E-state index contributed by atoms with van der Waals surface area (Å²) in [6.07, 6.45) is 6.29. The zero-order valence-electron chi connectivity index (χ0n) is 13.9. The van der Waals surface area contributed by atoms with Crippen molar-refractivity contribution in [2.45, 2.75) is 0 Å². The van der Waals surface area contributed by atoms with Gasteiger partial charge in [-0.25, -0.2) is 4.90 Å². The van der Waals surface area contributed by atoms with Gasteiger partial charge in [0.25, 0.3) is 0 Å². The van der Waals surface area contributed by atoms with Crippen molar-refractivity contribution in [3.63, 3.8) is 0 Å². The van der Waals surface area contributed by atoms with E-state index in [4.69, 9.17) is 11.6 Å². The van der Waals surface area contributed by atoms with Crippen LogP contribution in [0.25, 0.3) is 6.08 Å². The summed E-state index contributed by atoms with van der Waals surface area (Å²) in [6.45, 7) is 0. The minimum absolute atomic E-state index is 0.00541. The third-order valence-corrected chi connectivity index (χ3v) is 5.94. The Hall–Kier alpha value is -2.65. The second-order valence-electron chi connectivity index (χ2n) is 7.03. The summed E-state index contributed by atoms with van der Waals surface area (Å²) >= 11 is 5.96. The maximum absolute atomic E-state index is 13.1. The van der Waals surface area contributed by atoms with E-state index in [1.54, 1.807) is 0 Å². The molecule has 0 unspecified atom stereocenters. The number of carbonyl (C=O) groups excluding carboxylic acids is 2. The number of anilines is 1. The summed E-state index contributed by atoms with van der Waals surface area (Å²) in [6, 6.07) is 16.8. The Labute approximate surface area is 156 Å². The van der Waals surface area contributed by atoms with Crippen LogP contribution in [0.1, 0.15) is 5.56 Å². The number of fused-ring (bicyclic) bond motifs is 5. The van der Waals surface area contributed by atoms with E-state index < -0.39 is 0 Å². The highest BCUT2D eigenvalue weighted by molar-refractivity contribution is 6.30. The smallest absolute Gasteiger partial charge is 0.238 e. The fraction of sp³-hybridized carbons (Fsp3) is 0.182. The van der Waals surface area contributed by atoms with Gasteiger partial charge in [0.15, 0.2) is 0 Å². The van der Waals surface area contributed by atoms with Crippen molar-refractivity contribution in [2.24, 2.45) is 23.7 Å². The van der Waals surface area contributed by atoms with E-state index in [-0.39, 0.29) is 35.5 Å². The van der Waals surface area contributed by atoms with Crippen LogP contribution in [0, 0.1) is 23.7 Å². The lowest BCUT2D eigenvalue weighted by Gasteiger charge is -2.18. The Balaban J connectivity index is 1.51. The molecular formula is C22H16ClNO2. The van der Waals surface area contributed by atoms with Gasteiger partial charge in [-0.1, -0.05) is 65.7 Å². The van der Waals surface area contributed by atoms with E-state index in [0.29, 0.717) is 10.7 Å². The maximum Gasteiger partial charge on any atom is 0.238 e. The molecule has 128 valence electrons. The molecule has 2 aromatic rings. The van der Waals surface area contributed by atoms with Gasteiger partial charge >= 0.3 is 0 Å². The van der Waals surface area contributed by atoms with Crippen molar-refractivity contribution >= 4 is 35.2 Å². The van der Waals surface area contributed by atoms with E-state index in [1.807, 2.05) is 54.6 Å². The van der Waals surface area contributed by atoms with Gasteiger partial charge in [-0.05, 0) is 29.8 Å². The van der Waals surface area contributed by atoms with E-state index in [2.05, 4.69) is 18.2 Å². The maximum atomic E-state index is 13.1. The molecule has 2 aromatic carbocycles. The second kappa shape index (κ2) is 5.68. The summed E-state index contributed by atoms with van der Waals surface area (Å²) < 4.78 is 0. The molecule has 4 heteroatoms. The number of carbonyl (C=O) groups is 2. The van der Waals surface area contributed by atoms with Gasteiger partial charge < -0.3 is 0 Å². The van der Waals surface area contributed by atoms with Gasteiger partial charge in [0, 0.05) is 16.9 Å². The molecule has 2 aliphatic carbocycles. The van der Waals surface area contributed by atoms with E-state index in [0.717, 1.165) is 11.1 Å². The summed E-state index contributed by atoms with van der Waals surface area (Å²) in [5.74, 6) is -0.709. The lowest BCUT2D eigenvalue weighted by atomic mass is 9.85. The first-order chi connectivity index (χ1) is 12.6. The molecule has 3 aliphatic rings. The first-order valence-electron chi connectivity index (χ1n) is 8.73. The fourth-order valence-electron chi connectivity index (χ4n) is 4.58. The van der Waals surface area contributed by atoms with Gasteiger partial charge in [-0.3, -0.25) is 9.59 Å². The van der Waals surface area contributed by atoms with Gasteiger partial charge in [0.1, 0.15) is 0 Å². The van der Waals surface area contributed by atoms with Gasteiger partial charge in [-0.15, -0.1) is 0 Å². The molecule has 1 heterocycles. The molecule has 5 rings (SSSR count). The fourth-order valence-corrected chi connectivity index (χ4v) is 4.71. The van der Waals surface area contributed by atoms with Gasteiger partial charge in [-0.2, -0.15) is 0 Å². The molecule has 2 bridgehead atoms. The summed E-state index contributed by atoms with van der Waals surface area (Å²) in [5, 5.41) is 0.695. The second-order valence-corrected chi connectivity index (χ2v) is 7.47. The first-order valence-corrected chi connectivity index (χ1v) is 9.11. The Bertz CT molecular complexity index is 927. The van der Waals surface area contributed by atoms with E-state index in [9.17, 15) is 9.59 Å². The average molecular weight is 362 g/mol. The molecule has 26 heavy (non-hydrogen) atoms. The summed E-state index contributed by atoms with van der Waals surface area (Å²) in [5.41, 5.74) is 2.87. The monoisotopic (exact) mass is 361 g/mol. The van der Waals surface area contributed by atoms with Crippen LogP contribution >= 0.6 is 11.6 Å². The summed E-state index contributed by atoms with van der Waals surface area (Å²) in [4.78, 5) is 27.5. The molecule has 2 fully saturated rings. The molecule has 0 spiro atoms. The van der Waals surface area contributed by atoms with Crippen LogP contribution in [0.4, 0.5) is 5.69 Å². The van der Waals surface area contributed by atoms with Crippen molar-refractivity contribution in [1.82, 2.24) is 0 Å². The predicted octanol–water partition coefficient (Wildman–Crippen LogP) is 4.35. The van der Waals surface area contributed by atoms with Crippen LogP contribution in [0.2, 0.25) is 5.02 Å². The molecule has 1 saturated carbocycles. The number of benzene rings is 2. The predicted molar refractivity (Wildman–Crippen MR) is 101 cm³/mol. The normalized spacial score (nSPS) is 30.5. The molecule has 3 nitrogen and oxygen atoms in total. The van der Waals surface area contributed by atoms with Crippen LogP contribution in [-0.2, 0) is 9.59 Å². The van der Waals surface area contributed by atoms with E-state index >= 15 is 0 Å². The van der Waals surface area contributed by atoms with Crippen molar-refractivity contribution in [1.29, 1.82) is 0 Å². The number of allylic oxidation sites excluding steroid dienone is 3. The Morgan fingerprint density at radius 1 is 0.808 bits per heavy atom. The lowest BCUT2D eigenvalue weighted by Crippen LogP contribution is -2.33. The number of hydrogen-bond donors (Lipinski definition) is 0. The SMILES string of the molecule is O=C1[C@@H]2[C@H](C(=O)N1c1ccccc1)[C@@H]1C=C[C@H]2C1=Cc1ccc(Cl)cc1. The largest absolute Gasteiger partial charge is 0.274 e. The molecule has 0 N–H and O–H groups in total. The highest BCUT2D eigenvalue weighted by atomic mass is 35.5. The topological polar surface area (TPSA) is 37.4 Å². The Morgan fingerprint density at radius 3 is 1.96 bits per heavy atom. The number of rotatable bonds is 2. The highest BCUT2D eigenvalue weighted by Crippen LogP contribution is 2.56. The number of halogens is 1. The van der Waals surface area contributed by atoms with Gasteiger partial charge in [0.05, 0.1) is 17.5 Å². The zero-order chi connectivity index (χ0) is 17.8. The molecule has 0 radical (unpaired) electrons. The molecule has 2 amide bonds. The molecule has 1 saturated heterocycles. The van der Waals surface area contributed by atoms with Crippen molar-refractivity contribution in [3.05, 3.63) is 82.9 Å². The number of para-hydroxylation sites is 1. The van der Waals surface area contributed by atoms with Gasteiger partial charge in [0.2, 0.25) is 11.8 Å². The molecule has 0 aromatic heterocycles. The lowest BCUT2D eigenvalue weighted by molar-refractivity contribution is -0.122. The minimum Gasteiger partial charge on any atom is -0.274 e. The van der Waals surface area contributed by atoms with Crippen LogP contribution in [0.5, 0.6) is 0 Å². The average Bonchev–Trinajstić information content (AvgIpc) is 3.27. The highest BCUT2D eigenvalue weighted by Gasteiger charge is 2.61. The Morgan fingerprint density at radius 2 is 1.38 bits per heavy atom. The zero-order valence-corrected chi connectivity index (χ0v) is 14.6. The standard InChI is InChI=1S/C22H16ClNO2/c23-14-8-6-13(7-9-14)12-18-16-10-11-17(18)20-19(16)21(25)24(22(20)26)15-4-2-1-3-5-15/h1-12,16-17,19-20H/t16-,17+,19-,20+. The van der Waals surface area contributed by atoms with Crippen molar-refractivity contribution in [2.75, 3.05) is 4.90 Å². The molecule has 4 atom stereocenters. The van der Waals surface area contributed by atoms with Crippen LogP contribution in [0.15, 0.2) is 72.3 Å². The minimum atomic E-state index is -0.281. The van der Waals surface area contributed by atoms with Crippen LogP contribution in [-0.4, -0.2) is 11.8 Å². The summed E-state index contributed by atoms with van der Waals surface area (Å²) in [7, 11) is 0. The van der Waals surface area contributed by atoms with Crippen molar-refractivity contribution < 1.29 is 9.59 Å². The third kappa shape index (κ3) is 2.14. The molecular weight excluding hydrogens is 346 g/mol. The molecule has 1 aliphatic heterocycles. The Kier molecular flexibility index (Phi) is 3.41.